The molecule has 4 aromatic rings. The fourth-order valence-corrected chi connectivity index (χ4v) is 5.63. The maximum atomic E-state index is 13.9. The van der Waals surface area contributed by atoms with Crippen molar-refractivity contribution in [2.45, 2.75) is 33.7 Å². The van der Waals surface area contributed by atoms with Crippen molar-refractivity contribution < 1.29 is 23.5 Å². The molecule has 1 atom stereocenters. The maximum Gasteiger partial charge on any atom is 0.297 e. The van der Waals surface area contributed by atoms with Crippen LogP contribution in [0, 0.1) is 13.8 Å². The number of amides is 1. The lowest BCUT2D eigenvalue weighted by Gasteiger charge is -2.23. The summed E-state index contributed by atoms with van der Waals surface area (Å²) in [5.41, 5.74) is 2.28. The summed E-state index contributed by atoms with van der Waals surface area (Å²) in [6, 6.07) is 9.71. The van der Waals surface area contributed by atoms with Crippen molar-refractivity contribution in [1.82, 2.24) is 4.98 Å². The molecule has 1 aliphatic rings. The molecule has 8 nitrogen and oxygen atoms in total. The Hall–Kier alpha value is -4.24. The number of fused-ring (bicyclic) bond motifs is 2. The van der Waals surface area contributed by atoms with Crippen LogP contribution in [0.4, 0.5) is 5.13 Å². The number of Topliss-reactive ketones (excluding diaryl/α,β-unsaturated/α-hetero) is 1. The molecule has 0 saturated carbocycles. The predicted octanol–water partition coefficient (Wildman–Crippen LogP) is 5.78. The Balaban J connectivity index is 1.77. The van der Waals surface area contributed by atoms with Gasteiger partial charge in [-0.25, -0.2) is 4.98 Å². The van der Waals surface area contributed by atoms with E-state index in [-0.39, 0.29) is 29.1 Å². The highest BCUT2D eigenvalue weighted by atomic mass is 32.1. The van der Waals surface area contributed by atoms with Gasteiger partial charge in [-0.15, -0.1) is 0 Å². The Kier molecular flexibility index (Phi) is 6.62. The largest absolute Gasteiger partial charge is 0.490 e. The van der Waals surface area contributed by atoms with E-state index in [2.05, 4.69) is 11.6 Å². The van der Waals surface area contributed by atoms with E-state index >= 15 is 0 Å². The van der Waals surface area contributed by atoms with Crippen molar-refractivity contribution in [3.8, 4) is 11.5 Å². The van der Waals surface area contributed by atoms with Gasteiger partial charge in [0.1, 0.15) is 12.2 Å². The standard InChI is InChI=1S/C29H26N2O6S/c1-6-12-36-21-11-9-18(14-22(21)35-7-2)24-23-25(33)19-13-15(3)8-10-20(19)37-26(23)28(34)31(24)29-30-16(4)27(38-29)17(5)32/h6,8-11,13-14,24H,1,7,12H2,2-5H3. The molecule has 1 amide bonds. The van der Waals surface area contributed by atoms with E-state index < -0.39 is 11.9 Å². The van der Waals surface area contributed by atoms with Crippen molar-refractivity contribution in [2.24, 2.45) is 0 Å². The van der Waals surface area contributed by atoms with E-state index in [1.54, 1.807) is 43.3 Å². The monoisotopic (exact) mass is 530 g/mol. The van der Waals surface area contributed by atoms with Gasteiger partial charge in [0.25, 0.3) is 5.91 Å². The van der Waals surface area contributed by atoms with Crippen LogP contribution in [0.15, 0.2) is 58.3 Å². The van der Waals surface area contributed by atoms with Crippen LogP contribution in [0.2, 0.25) is 0 Å². The lowest BCUT2D eigenvalue weighted by molar-refractivity contribution is 0.0969. The molecule has 0 bridgehead atoms. The van der Waals surface area contributed by atoms with Crippen LogP contribution in [-0.4, -0.2) is 29.9 Å². The van der Waals surface area contributed by atoms with Crippen LogP contribution in [-0.2, 0) is 0 Å². The second-order valence-corrected chi connectivity index (χ2v) is 9.93. The molecule has 38 heavy (non-hydrogen) atoms. The second kappa shape index (κ2) is 9.90. The number of aromatic nitrogens is 1. The first kappa shape index (κ1) is 25.4. The summed E-state index contributed by atoms with van der Waals surface area (Å²) in [6.45, 7) is 11.3. The molecule has 0 aliphatic carbocycles. The number of hydrogen-bond acceptors (Lipinski definition) is 8. The molecule has 0 N–H and O–H groups in total. The van der Waals surface area contributed by atoms with Gasteiger partial charge in [-0.2, -0.15) is 0 Å². The number of anilines is 1. The minimum absolute atomic E-state index is 0.0430. The van der Waals surface area contributed by atoms with Gasteiger partial charge in [0.15, 0.2) is 27.8 Å². The average molecular weight is 531 g/mol. The minimum atomic E-state index is -0.850. The zero-order valence-electron chi connectivity index (χ0n) is 21.5. The Bertz CT molecular complexity index is 1670. The first-order chi connectivity index (χ1) is 18.2. The molecule has 3 heterocycles. The molecule has 1 unspecified atom stereocenters. The smallest absolute Gasteiger partial charge is 0.297 e. The second-order valence-electron chi connectivity index (χ2n) is 8.96. The maximum absolute atomic E-state index is 13.9. The van der Waals surface area contributed by atoms with Crippen molar-refractivity contribution >= 4 is 39.1 Å². The molecule has 2 aromatic heterocycles. The third-order valence-electron chi connectivity index (χ3n) is 6.28. The Labute approximate surface area is 223 Å². The average Bonchev–Trinajstić information content (AvgIpc) is 3.41. The molecule has 0 fully saturated rings. The summed E-state index contributed by atoms with van der Waals surface area (Å²) >= 11 is 1.11. The lowest BCUT2D eigenvalue weighted by Crippen LogP contribution is -2.29. The topological polar surface area (TPSA) is 98.9 Å². The fraction of sp³-hybridized carbons (Fsp3) is 0.241. The van der Waals surface area contributed by atoms with Gasteiger partial charge >= 0.3 is 0 Å². The van der Waals surface area contributed by atoms with Gasteiger partial charge in [-0.05, 0) is 50.6 Å². The van der Waals surface area contributed by atoms with Crippen molar-refractivity contribution in [1.29, 1.82) is 0 Å². The third kappa shape index (κ3) is 4.18. The fourth-order valence-electron chi connectivity index (χ4n) is 4.64. The molecule has 0 spiro atoms. The van der Waals surface area contributed by atoms with Crippen molar-refractivity contribution in [3.05, 3.63) is 92.3 Å². The number of nitrogens with zero attached hydrogens (tertiary/aromatic N) is 2. The van der Waals surface area contributed by atoms with E-state index in [9.17, 15) is 14.4 Å². The minimum Gasteiger partial charge on any atom is -0.490 e. The summed E-state index contributed by atoms with van der Waals surface area (Å²) in [5, 5.41) is 0.692. The number of ketones is 1. The van der Waals surface area contributed by atoms with Crippen molar-refractivity contribution in [2.75, 3.05) is 18.1 Å². The molecule has 2 aromatic carbocycles. The molecule has 194 valence electrons. The SMILES string of the molecule is C=CCOc1ccc(C2c3c(oc4ccc(C)cc4c3=O)C(=O)N2c2nc(C)c(C(C)=O)s2)cc1OCC. The zero-order valence-corrected chi connectivity index (χ0v) is 22.3. The summed E-state index contributed by atoms with van der Waals surface area (Å²) in [7, 11) is 0. The summed E-state index contributed by atoms with van der Waals surface area (Å²) in [5.74, 6) is 0.284. The van der Waals surface area contributed by atoms with Crippen LogP contribution in [0.25, 0.3) is 11.0 Å². The van der Waals surface area contributed by atoms with E-state index in [1.165, 1.54) is 11.8 Å². The molecular weight excluding hydrogens is 504 g/mol. The van der Waals surface area contributed by atoms with Crippen LogP contribution in [0.3, 0.4) is 0 Å². The van der Waals surface area contributed by atoms with Crippen LogP contribution < -0.4 is 19.8 Å². The number of carbonyl (C=O) groups excluding carboxylic acids is 2. The molecule has 0 saturated heterocycles. The predicted molar refractivity (Wildman–Crippen MR) is 146 cm³/mol. The number of carbonyl (C=O) groups is 2. The Morgan fingerprint density at radius 1 is 1.16 bits per heavy atom. The molecule has 5 rings (SSSR count). The number of ether oxygens (including phenoxy) is 2. The highest BCUT2D eigenvalue weighted by Crippen LogP contribution is 2.45. The summed E-state index contributed by atoms with van der Waals surface area (Å²) in [4.78, 5) is 46.4. The first-order valence-corrected chi connectivity index (χ1v) is 13.0. The molecule has 1 aliphatic heterocycles. The van der Waals surface area contributed by atoms with Gasteiger partial charge in [-0.3, -0.25) is 19.3 Å². The van der Waals surface area contributed by atoms with Crippen LogP contribution in [0.5, 0.6) is 11.5 Å². The molecule has 9 heteroatoms. The number of aryl methyl sites for hydroxylation is 2. The number of thiazole rings is 1. The van der Waals surface area contributed by atoms with Gasteiger partial charge < -0.3 is 13.9 Å². The van der Waals surface area contributed by atoms with Gasteiger partial charge in [-0.1, -0.05) is 41.7 Å². The van der Waals surface area contributed by atoms with E-state index in [1.807, 2.05) is 19.9 Å². The van der Waals surface area contributed by atoms with Crippen LogP contribution >= 0.6 is 11.3 Å². The quantitative estimate of drug-likeness (QED) is 0.210. The third-order valence-corrected chi connectivity index (χ3v) is 7.53. The highest BCUT2D eigenvalue weighted by molar-refractivity contribution is 7.17. The van der Waals surface area contributed by atoms with Crippen molar-refractivity contribution in [3.63, 3.8) is 0 Å². The molecular formula is C29H26N2O6S. The number of rotatable bonds is 8. The van der Waals surface area contributed by atoms with E-state index in [0.29, 0.717) is 50.3 Å². The summed E-state index contributed by atoms with van der Waals surface area (Å²) in [6.07, 6.45) is 1.63. The number of hydrogen-bond donors (Lipinski definition) is 0. The van der Waals surface area contributed by atoms with Crippen LogP contribution in [0.1, 0.15) is 62.5 Å². The Morgan fingerprint density at radius 3 is 2.63 bits per heavy atom. The zero-order chi connectivity index (χ0) is 27.1. The number of benzene rings is 2. The van der Waals surface area contributed by atoms with Gasteiger partial charge in [0.05, 0.1) is 34.2 Å². The summed E-state index contributed by atoms with van der Waals surface area (Å²) < 4.78 is 17.6. The molecule has 0 radical (unpaired) electrons. The Morgan fingerprint density at radius 2 is 1.95 bits per heavy atom. The normalized spacial score (nSPS) is 14.6. The van der Waals surface area contributed by atoms with Gasteiger partial charge in [0, 0.05) is 6.92 Å². The van der Waals surface area contributed by atoms with Gasteiger partial charge in [0.2, 0.25) is 5.76 Å². The van der Waals surface area contributed by atoms with E-state index in [4.69, 9.17) is 13.9 Å². The highest BCUT2D eigenvalue weighted by Gasteiger charge is 2.45. The van der Waals surface area contributed by atoms with E-state index in [0.717, 1.165) is 16.9 Å². The first-order valence-electron chi connectivity index (χ1n) is 12.1. The lowest BCUT2D eigenvalue weighted by atomic mass is 9.98.